The number of nitrogens with zero attached hydrogens (tertiary/aromatic N) is 4. The molecule has 1 aliphatic carbocycles. The molecule has 1 N–H and O–H groups in total. The van der Waals surface area contributed by atoms with Crippen molar-refractivity contribution in [1.82, 2.24) is 14.9 Å². The van der Waals surface area contributed by atoms with Crippen LogP contribution in [0.5, 0.6) is 0 Å². The van der Waals surface area contributed by atoms with Crippen molar-refractivity contribution >= 4 is 11.9 Å². The highest BCUT2D eigenvalue weighted by atomic mass is 16.4. The fourth-order valence-corrected chi connectivity index (χ4v) is 4.29. The zero-order valence-electron chi connectivity index (χ0n) is 16.3. The molecule has 148 valence electrons. The normalized spacial score (nSPS) is 18.5. The van der Waals surface area contributed by atoms with Crippen LogP contribution in [0, 0.1) is 5.92 Å². The second-order valence-corrected chi connectivity index (χ2v) is 8.01. The van der Waals surface area contributed by atoms with Crippen molar-refractivity contribution in [2.75, 3.05) is 37.6 Å². The van der Waals surface area contributed by atoms with Gasteiger partial charge in [-0.25, -0.2) is 14.8 Å². The second kappa shape index (κ2) is 8.69. The molecule has 2 aromatic rings. The third kappa shape index (κ3) is 4.68. The molecule has 2 fully saturated rings. The first-order valence-corrected chi connectivity index (χ1v) is 10.3. The maximum atomic E-state index is 10.9. The first-order valence-electron chi connectivity index (χ1n) is 10.3. The Morgan fingerprint density at radius 2 is 1.61 bits per heavy atom. The number of carboxylic acids is 1. The lowest BCUT2D eigenvalue weighted by Gasteiger charge is -2.35. The van der Waals surface area contributed by atoms with E-state index in [1.54, 1.807) is 12.1 Å². The molecule has 2 heterocycles. The Balaban J connectivity index is 1.29. The summed E-state index contributed by atoms with van der Waals surface area (Å²) >= 11 is 0. The van der Waals surface area contributed by atoms with Crippen LogP contribution in [0.1, 0.15) is 47.2 Å². The number of carbonyl (C=O) groups is 1. The molecule has 4 rings (SSSR count). The van der Waals surface area contributed by atoms with Crippen molar-refractivity contribution in [2.24, 2.45) is 5.92 Å². The van der Waals surface area contributed by atoms with Crippen molar-refractivity contribution in [3.63, 3.8) is 0 Å². The van der Waals surface area contributed by atoms with Crippen LogP contribution in [0.4, 0.5) is 5.95 Å². The van der Waals surface area contributed by atoms with Crippen molar-refractivity contribution in [2.45, 2.75) is 32.1 Å². The van der Waals surface area contributed by atoms with Gasteiger partial charge in [0, 0.05) is 51.5 Å². The van der Waals surface area contributed by atoms with E-state index in [4.69, 9.17) is 5.11 Å². The van der Waals surface area contributed by atoms with E-state index in [0.29, 0.717) is 12.0 Å². The Kier molecular flexibility index (Phi) is 5.86. The predicted octanol–water partition coefficient (Wildman–Crippen LogP) is 3.08. The van der Waals surface area contributed by atoms with Crippen LogP contribution < -0.4 is 4.90 Å². The quantitative estimate of drug-likeness (QED) is 0.831. The highest BCUT2D eigenvalue weighted by molar-refractivity contribution is 5.87. The molecular weight excluding hydrogens is 352 g/mol. The number of piperazine rings is 1. The molecule has 1 aromatic carbocycles. The van der Waals surface area contributed by atoms with Gasteiger partial charge in [0.15, 0.2) is 0 Å². The first kappa shape index (κ1) is 18.9. The van der Waals surface area contributed by atoms with Gasteiger partial charge in [-0.3, -0.25) is 4.90 Å². The van der Waals surface area contributed by atoms with E-state index < -0.39 is 5.97 Å². The van der Waals surface area contributed by atoms with Gasteiger partial charge in [-0.2, -0.15) is 0 Å². The average molecular weight is 380 g/mol. The Labute approximate surface area is 166 Å². The van der Waals surface area contributed by atoms with E-state index in [-0.39, 0.29) is 0 Å². The van der Waals surface area contributed by atoms with Crippen LogP contribution in [0.2, 0.25) is 0 Å². The monoisotopic (exact) mass is 380 g/mol. The van der Waals surface area contributed by atoms with Gasteiger partial charge < -0.3 is 10.0 Å². The van der Waals surface area contributed by atoms with Crippen molar-refractivity contribution in [3.8, 4) is 0 Å². The van der Waals surface area contributed by atoms with Crippen LogP contribution in [-0.4, -0.2) is 58.7 Å². The fraction of sp³-hybridized carbons (Fsp3) is 0.500. The van der Waals surface area contributed by atoms with Gasteiger partial charge in [0.05, 0.1) is 5.56 Å². The van der Waals surface area contributed by atoms with Gasteiger partial charge in [0.2, 0.25) is 5.95 Å². The lowest BCUT2D eigenvalue weighted by Crippen LogP contribution is -2.48. The van der Waals surface area contributed by atoms with Gasteiger partial charge in [-0.1, -0.05) is 25.0 Å². The molecule has 1 aliphatic heterocycles. The highest BCUT2D eigenvalue weighted by Crippen LogP contribution is 2.26. The first-order chi connectivity index (χ1) is 13.7. The molecule has 6 heteroatoms. The summed E-state index contributed by atoms with van der Waals surface area (Å²) in [7, 11) is 0. The summed E-state index contributed by atoms with van der Waals surface area (Å²) in [6.07, 6.45) is 10.1. The molecule has 0 spiro atoms. The summed E-state index contributed by atoms with van der Waals surface area (Å²) in [5.74, 6) is 0.819. The van der Waals surface area contributed by atoms with Crippen LogP contribution in [0.15, 0.2) is 36.7 Å². The molecule has 1 saturated heterocycles. The molecule has 0 atom stereocenters. The standard InChI is InChI=1S/C22H28N4O2/c27-21(28)20-7-5-17(6-8-20)13-19-14-23-22(24-15-19)26-11-9-25(10-12-26)16-18-3-1-2-4-18/h5-8,14-15,18H,1-4,9-13,16H2,(H,27,28). The highest BCUT2D eigenvalue weighted by Gasteiger charge is 2.23. The third-order valence-electron chi connectivity index (χ3n) is 5.95. The van der Waals surface area contributed by atoms with Gasteiger partial charge in [0.1, 0.15) is 0 Å². The molecule has 6 nitrogen and oxygen atoms in total. The van der Waals surface area contributed by atoms with Crippen LogP contribution in [0.3, 0.4) is 0 Å². The maximum Gasteiger partial charge on any atom is 0.335 e. The van der Waals surface area contributed by atoms with Gasteiger partial charge in [-0.15, -0.1) is 0 Å². The van der Waals surface area contributed by atoms with Crippen LogP contribution >= 0.6 is 0 Å². The summed E-state index contributed by atoms with van der Waals surface area (Å²) in [6, 6.07) is 6.97. The smallest absolute Gasteiger partial charge is 0.335 e. The summed E-state index contributed by atoms with van der Waals surface area (Å²) < 4.78 is 0. The summed E-state index contributed by atoms with van der Waals surface area (Å²) in [6.45, 7) is 5.43. The predicted molar refractivity (Wildman–Crippen MR) is 109 cm³/mol. The van der Waals surface area contributed by atoms with E-state index in [1.807, 2.05) is 24.5 Å². The molecule has 28 heavy (non-hydrogen) atoms. The van der Waals surface area contributed by atoms with Gasteiger partial charge >= 0.3 is 5.97 Å². The number of carboxylic acid groups (broad SMARTS) is 1. The van der Waals surface area contributed by atoms with Crippen molar-refractivity contribution in [3.05, 3.63) is 53.3 Å². The minimum Gasteiger partial charge on any atom is -0.478 e. The van der Waals surface area contributed by atoms with E-state index in [9.17, 15) is 4.79 Å². The maximum absolute atomic E-state index is 10.9. The molecule has 1 saturated carbocycles. The fourth-order valence-electron chi connectivity index (χ4n) is 4.29. The van der Waals surface area contributed by atoms with E-state index in [2.05, 4.69) is 19.8 Å². The summed E-state index contributed by atoms with van der Waals surface area (Å²) in [5.41, 5.74) is 2.40. The molecule has 0 radical (unpaired) electrons. The number of aromatic carboxylic acids is 1. The molecule has 1 aromatic heterocycles. The number of benzene rings is 1. The lowest BCUT2D eigenvalue weighted by atomic mass is 10.1. The number of hydrogen-bond donors (Lipinski definition) is 1. The van der Waals surface area contributed by atoms with Crippen molar-refractivity contribution < 1.29 is 9.90 Å². The van der Waals surface area contributed by atoms with Gasteiger partial charge in [-0.05, 0) is 42.0 Å². The van der Waals surface area contributed by atoms with Crippen LogP contribution in [0.25, 0.3) is 0 Å². The van der Waals surface area contributed by atoms with E-state index >= 15 is 0 Å². The molecule has 0 unspecified atom stereocenters. The topological polar surface area (TPSA) is 69.6 Å². The zero-order valence-corrected chi connectivity index (χ0v) is 16.3. The Hall–Kier alpha value is -2.47. The van der Waals surface area contributed by atoms with Crippen molar-refractivity contribution in [1.29, 1.82) is 0 Å². The Morgan fingerprint density at radius 1 is 0.964 bits per heavy atom. The van der Waals surface area contributed by atoms with Gasteiger partial charge in [0.25, 0.3) is 0 Å². The largest absolute Gasteiger partial charge is 0.478 e. The zero-order chi connectivity index (χ0) is 19.3. The number of anilines is 1. The number of hydrogen-bond acceptors (Lipinski definition) is 5. The molecular formula is C22H28N4O2. The van der Waals surface area contributed by atoms with Crippen LogP contribution in [-0.2, 0) is 6.42 Å². The van der Waals surface area contributed by atoms with E-state index in [1.165, 1.54) is 32.2 Å². The molecule has 2 aliphatic rings. The SMILES string of the molecule is O=C(O)c1ccc(Cc2cnc(N3CCN(CC4CCCC4)CC3)nc2)cc1. The Morgan fingerprint density at radius 3 is 2.21 bits per heavy atom. The summed E-state index contributed by atoms with van der Waals surface area (Å²) in [5, 5.41) is 8.98. The number of rotatable bonds is 6. The minimum absolute atomic E-state index is 0.308. The van der Waals surface area contributed by atoms with E-state index in [0.717, 1.165) is 49.2 Å². The summed E-state index contributed by atoms with van der Waals surface area (Å²) in [4.78, 5) is 25.0. The second-order valence-electron chi connectivity index (χ2n) is 8.01. The lowest BCUT2D eigenvalue weighted by molar-refractivity contribution is 0.0697. The third-order valence-corrected chi connectivity index (χ3v) is 5.95. The molecule has 0 amide bonds. The average Bonchev–Trinajstić information content (AvgIpc) is 3.23. The number of aromatic nitrogens is 2. The Bertz CT molecular complexity index is 777. The molecule has 0 bridgehead atoms. The minimum atomic E-state index is -0.900.